The van der Waals surface area contributed by atoms with E-state index in [1.54, 1.807) is 12.1 Å². The quantitative estimate of drug-likeness (QED) is 0.137. The number of benzene rings is 4. The lowest BCUT2D eigenvalue weighted by atomic mass is 10.2. The number of nitro benzene ring substituents is 1. The fraction of sp³-hybridized carbons (Fsp3) is 0.200. The summed E-state index contributed by atoms with van der Waals surface area (Å²) in [7, 11) is 0. The summed E-state index contributed by atoms with van der Waals surface area (Å²) >= 11 is 0. The van der Waals surface area contributed by atoms with Crippen LogP contribution in [0.3, 0.4) is 0 Å². The van der Waals surface area contributed by atoms with Crippen LogP contribution in [0.4, 0.5) is 34.1 Å². The third-order valence-electron chi connectivity index (χ3n) is 6.13. The van der Waals surface area contributed by atoms with E-state index in [2.05, 4.69) is 10.6 Å². The minimum atomic E-state index is -0.414. The predicted molar refractivity (Wildman–Crippen MR) is 153 cm³/mol. The first-order valence-corrected chi connectivity index (χ1v) is 12.8. The van der Waals surface area contributed by atoms with E-state index in [1.165, 1.54) is 12.1 Å². The number of nitro groups is 1. The molecule has 0 aromatic heterocycles. The first-order valence-electron chi connectivity index (χ1n) is 12.8. The van der Waals surface area contributed by atoms with Gasteiger partial charge in [-0.15, -0.1) is 0 Å². The van der Waals surface area contributed by atoms with Crippen molar-refractivity contribution in [3.8, 4) is 0 Å². The summed E-state index contributed by atoms with van der Waals surface area (Å²) in [6.07, 6.45) is -0.515. The Hall–Kier alpha value is -4.48. The highest BCUT2D eigenvalue weighted by Crippen LogP contribution is 2.27. The van der Waals surface area contributed by atoms with Gasteiger partial charge in [0.05, 0.1) is 31.4 Å². The molecule has 2 fully saturated rings. The normalized spacial score (nSPS) is 15.3. The van der Waals surface area contributed by atoms with E-state index >= 15 is 0 Å². The molecule has 6 rings (SSSR count). The molecule has 0 unspecified atom stereocenters. The van der Waals surface area contributed by atoms with Crippen LogP contribution in [0.2, 0.25) is 0 Å². The van der Waals surface area contributed by atoms with Gasteiger partial charge in [-0.25, -0.2) is 0 Å². The molecular formula is C30H30N4O6. The number of anilines is 5. The van der Waals surface area contributed by atoms with Crippen molar-refractivity contribution in [3.05, 3.63) is 118 Å². The largest absolute Gasteiger partial charge is 0.399 e. The number of nitrogens with two attached hydrogens (primary N) is 1. The van der Waals surface area contributed by atoms with Crippen LogP contribution in [0.1, 0.15) is 23.7 Å². The van der Waals surface area contributed by atoms with Gasteiger partial charge in [0.1, 0.15) is 0 Å². The molecule has 40 heavy (non-hydrogen) atoms. The summed E-state index contributed by atoms with van der Waals surface area (Å²) < 4.78 is 21.8. The molecule has 0 atom stereocenters. The highest BCUT2D eigenvalue weighted by Gasteiger charge is 2.18. The van der Waals surface area contributed by atoms with Gasteiger partial charge in [-0.3, -0.25) is 10.1 Å². The second kappa shape index (κ2) is 13.0. The maximum Gasteiger partial charge on any atom is 0.271 e. The Labute approximate surface area is 231 Å². The first-order chi connectivity index (χ1) is 19.5. The lowest BCUT2D eigenvalue weighted by Gasteiger charge is -2.11. The van der Waals surface area contributed by atoms with Crippen molar-refractivity contribution >= 4 is 34.1 Å². The average Bonchev–Trinajstić information content (AvgIpc) is 3.70. The predicted octanol–water partition coefficient (Wildman–Crippen LogP) is 6.44. The van der Waals surface area contributed by atoms with Crippen molar-refractivity contribution in [3.63, 3.8) is 0 Å². The van der Waals surface area contributed by atoms with Gasteiger partial charge in [0.15, 0.2) is 12.6 Å². The average molecular weight is 543 g/mol. The lowest BCUT2D eigenvalue weighted by molar-refractivity contribution is -0.384. The lowest BCUT2D eigenvalue weighted by Crippen LogP contribution is -1.98. The van der Waals surface area contributed by atoms with Crippen molar-refractivity contribution < 1.29 is 23.9 Å². The van der Waals surface area contributed by atoms with E-state index in [-0.39, 0.29) is 18.3 Å². The van der Waals surface area contributed by atoms with Crippen LogP contribution in [-0.2, 0) is 18.9 Å². The van der Waals surface area contributed by atoms with Gasteiger partial charge in [-0.05, 0) is 48.5 Å². The first kappa shape index (κ1) is 27.1. The van der Waals surface area contributed by atoms with E-state index < -0.39 is 4.92 Å². The van der Waals surface area contributed by atoms with E-state index in [0.717, 1.165) is 33.9 Å². The van der Waals surface area contributed by atoms with Crippen molar-refractivity contribution in [1.29, 1.82) is 0 Å². The summed E-state index contributed by atoms with van der Waals surface area (Å²) in [5, 5.41) is 17.2. The highest BCUT2D eigenvalue weighted by atomic mass is 16.7. The van der Waals surface area contributed by atoms with Crippen molar-refractivity contribution in [2.45, 2.75) is 12.6 Å². The van der Waals surface area contributed by atoms with Crippen LogP contribution in [0.5, 0.6) is 0 Å². The van der Waals surface area contributed by atoms with Gasteiger partial charge in [0.25, 0.3) is 5.69 Å². The fourth-order valence-electron chi connectivity index (χ4n) is 4.20. The molecule has 2 aliphatic rings. The molecule has 10 heteroatoms. The van der Waals surface area contributed by atoms with Crippen LogP contribution < -0.4 is 16.4 Å². The number of ether oxygens (including phenoxy) is 4. The molecule has 0 spiro atoms. The molecule has 0 bridgehead atoms. The van der Waals surface area contributed by atoms with Gasteiger partial charge < -0.3 is 35.3 Å². The summed E-state index contributed by atoms with van der Waals surface area (Å²) in [5.41, 5.74) is 12.0. The molecule has 206 valence electrons. The third-order valence-corrected chi connectivity index (χ3v) is 6.13. The molecule has 4 aromatic rings. The molecule has 2 aliphatic heterocycles. The molecule has 2 heterocycles. The van der Waals surface area contributed by atoms with Crippen molar-refractivity contribution in [2.75, 3.05) is 42.8 Å². The molecule has 0 aliphatic carbocycles. The Morgan fingerprint density at radius 1 is 0.625 bits per heavy atom. The van der Waals surface area contributed by atoms with Crippen LogP contribution in [0, 0.1) is 10.1 Å². The summed E-state index contributed by atoms with van der Waals surface area (Å²) in [6.45, 7) is 2.54. The Morgan fingerprint density at radius 3 is 1.52 bits per heavy atom. The van der Waals surface area contributed by atoms with Crippen LogP contribution in [-0.4, -0.2) is 31.4 Å². The zero-order valence-corrected chi connectivity index (χ0v) is 21.7. The maximum atomic E-state index is 10.7. The third kappa shape index (κ3) is 7.33. The molecule has 0 radical (unpaired) electrons. The standard InChI is InChI=1S/C15H14N2O4.C15H16N2O2/c18-17(19)14-3-1-2-13(10-14)16-12-6-4-11(5-7-12)15-20-8-9-21-15;16-12-2-1-3-14(10-12)17-13-6-4-11(5-7-13)15-18-8-9-19-15/h1-7,10,15-16H,8-9H2;1-7,10,15,17H,8-9,16H2. The molecule has 4 N–H and O–H groups in total. The minimum Gasteiger partial charge on any atom is -0.399 e. The molecule has 0 saturated carbocycles. The maximum absolute atomic E-state index is 10.7. The monoisotopic (exact) mass is 542 g/mol. The number of nitrogens with one attached hydrogen (secondary N) is 2. The van der Waals surface area contributed by atoms with Crippen LogP contribution >= 0.6 is 0 Å². The smallest absolute Gasteiger partial charge is 0.271 e. The van der Waals surface area contributed by atoms with E-state index in [9.17, 15) is 10.1 Å². The van der Waals surface area contributed by atoms with Crippen LogP contribution in [0.25, 0.3) is 0 Å². The Kier molecular flexibility index (Phi) is 8.84. The molecule has 10 nitrogen and oxygen atoms in total. The van der Waals surface area contributed by atoms with Gasteiger partial charge in [0, 0.05) is 51.7 Å². The molecular weight excluding hydrogens is 512 g/mol. The van der Waals surface area contributed by atoms with E-state index in [4.69, 9.17) is 24.7 Å². The van der Waals surface area contributed by atoms with Gasteiger partial charge in [-0.1, -0.05) is 36.4 Å². The topological polar surface area (TPSA) is 130 Å². The fourth-order valence-corrected chi connectivity index (χ4v) is 4.20. The van der Waals surface area contributed by atoms with Crippen molar-refractivity contribution in [1.82, 2.24) is 0 Å². The number of nitrogen functional groups attached to an aromatic ring is 1. The van der Waals surface area contributed by atoms with Crippen molar-refractivity contribution in [2.24, 2.45) is 0 Å². The molecule has 0 amide bonds. The second-order valence-electron chi connectivity index (χ2n) is 9.07. The molecule has 4 aromatic carbocycles. The highest BCUT2D eigenvalue weighted by molar-refractivity contribution is 5.64. The van der Waals surface area contributed by atoms with Gasteiger partial charge >= 0.3 is 0 Å². The summed E-state index contributed by atoms with van der Waals surface area (Å²) in [5.74, 6) is 0. The Morgan fingerprint density at radius 2 is 1.07 bits per heavy atom. The Balaban J connectivity index is 0.000000162. The van der Waals surface area contributed by atoms with Crippen LogP contribution in [0.15, 0.2) is 97.1 Å². The molecule has 2 saturated heterocycles. The van der Waals surface area contributed by atoms with Gasteiger partial charge in [0.2, 0.25) is 0 Å². The zero-order chi connectivity index (χ0) is 27.7. The number of hydrogen-bond donors (Lipinski definition) is 3. The van der Waals surface area contributed by atoms with Gasteiger partial charge in [-0.2, -0.15) is 0 Å². The van der Waals surface area contributed by atoms with E-state index in [1.807, 2.05) is 72.8 Å². The number of rotatable bonds is 7. The number of non-ortho nitro benzene ring substituents is 1. The number of hydrogen-bond acceptors (Lipinski definition) is 9. The second-order valence-corrected chi connectivity index (χ2v) is 9.07. The SMILES string of the molecule is Nc1cccc(Nc2ccc(C3OCCO3)cc2)c1.O=[N+]([O-])c1cccc(Nc2ccc(C3OCCO3)cc2)c1. The van der Waals surface area contributed by atoms with E-state index in [0.29, 0.717) is 32.1 Å². The zero-order valence-electron chi connectivity index (χ0n) is 21.7. The minimum absolute atomic E-state index is 0.0596. The Bertz CT molecular complexity index is 1400. The summed E-state index contributed by atoms with van der Waals surface area (Å²) in [4.78, 5) is 10.3. The number of nitrogens with zero attached hydrogens (tertiary/aromatic N) is 1. The summed E-state index contributed by atoms with van der Waals surface area (Å²) in [6, 6.07) is 29.7.